The van der Waals surface area contributed by atoms with Gasteiger partial charge in [0.05, 0.1) is 11.6 Å². The van der Waals surface area contributed by atoms with E-state index in [4.69, 9.17) is 17.0 Å². The third-order valence-corrected chi connectivity index (χ3v) is 7.26. The fourth-order valence-corrected chi connectivity index (χ4v) is 5.16. The smallest absolute Gasteiger partial charge is 0.321 e. The molecule has 9 heteroatoms. The number of halogens is 4. The minimum atomic E-state index is -4.48. The number of nitrogens with one attached hydrogen (secondary N) is 1. The molecule has 192 valence electrons. The molecule has 0 unspecified atom stereocenters. The summed E-state index contributed by atoms with van der Waals surface area (Å²) in [6.45, 7) is 2.44. The lowest BCUT2D eigenvalue weighted by Crippen LogP contribution is -2.33. The van der Waals surface area contributed by atoms with Gasteiger partial charge >= 0.3 is 12.2 Å². The van der Waals surface area contributed by atoms with E-state index in [1.165, 1.54) is 30.2 Å². The number of urea groups is 1. The summed E-state index contributed by atoms with van der Waals surface area (Å²) in [6.07, 6.45) is 1.61. The molecule has 2 aromatic rings. The van der Waals surface area contributed by atoms with Crippen molar-refractivity contribution >= 4 is 34.9 Å². The molecular weight excluding hydrogens is 489 g/mol. The largest absolute Gasteiger partial charge is 0.416 e. The Bertz CT molecular complexity index is 1130. The van der Waals surface area contributed by atoms with Crippen LogP contribution in [0.15, 0.2) is 53.5 Å². The van der Waals surface area contributed by atoms with E-state index in [9.17, 15) is 18.0 Å². The highest BCUT2D eigenvalue weighted by atomic mass is 35.5. The maximum atomic E-state index is 13.4. The maximum Gasteiger partial charge on any atom is 0.416 e. The normalized spacial score (nSPS) is 19.8. The summed E-state index contributed by atoms with van der Waals surface area (Å²) < 4.78 is 40.1. The van der Waals surface area contributed by atoms with Crippen molar-refractivity contribution in [2.45, 2.75) is 57.7 Å². The summed E-state index contributed by atoms with van der Waals surface area (Å²) in [7, 11) is 0. The number of rotatable bonds is 6. The highest BCUT2D eigenvalue weighted by Gasteiger charge is 2.40. The number of amides is 2. The maximum absolute atomic E-state index is 13.4. The van der Waals surface area contributed by atoms with Gasteiger partial charge in [-0.3, -0.25) is 10.3 Å². The number of aliphatic imine (C=N–C) groups is 1. The van der Waals surface area contributed by atoms with E-state index in [0.29, 0.717) is 22.2 Å². The van der Waals surface area contributed by atoms with Crippen LogP contribution in [0.1, 0.15) is 62.6 Å². The Morgan fingerprint density at radius 1 is 1.11 bits per heavy atom. The molecule has 1 heterocycles. The molecule has 1 aliphatic carbocycles. The second kappa shape index (κ2) is 11.0. The van der Waals surface area contributed by atoms with Crippen LogP contribution in [0.2, 0.25) is 5.02 Å². The summed E-state index contributed by atoms with van der Waals surface area (Å²) >= 11 is 6.01. The molecule has 4 rings (SSSR count). The molecule has 2 aromatic carbocycles. The third-order valence-electron chi connectivity index (χ3n) is 7.01. The first-order chi connectivity index (χ1) is 17.1. The van der Waals surface area contributed by atoms with Gasteiger partial charge in [0.2, 0.25) is 0 Å². The van der Waals surface area contributed by atoms with Crippen LogP contribution in [0.3, 0.4) is 0 Å². The van der Waals surface area contributed by atoms with Gasteiger partial charge in [0, 0.05) is 35.9 Å². The average molecular weight is 519 g/mol. The Kier molecular flexibility index (Phi) is 8.03. The third kappa shape index (κ3) is 6.09. The van der Waals surface area contributed by atoms with E-state index in [1.807, 2.05) is 6.92 Å². The van der Waals surface area contributed by atoms with Crippen LogP contribution >= 0.6 is 11.6 Å². The number of benzene rings is 2. The first-order valence-corrected chi connectivity index (χ1v) is 12.6. The Morgan fingerprint density at radius 2 is 1.81 bits per heavy atom. The zero-order valence-electron chi connectivity index (χ0n) is 20.2. The number of anilines is 1. The van der Waals surface area contributed by atoms with Gasteiger partial charge in [-0.15, -0.1) is 0 Å². The Labute approximate surface area is 214 Å². The highest BCUT2D eigenvalue weighted by Crippen LogP contribution is 2.37. The molecule has 1 atom stereocenters. The van der Waals surface area contributed by atoms with Crippen LogP contribution in [0.25, 0.3) is 0 Å². The van der Waals surface area contributed by atoms with Crippen LogP contribution in [0, 0.1) is 11.3 Å². The van der Waals surface area contributed by atoms with E-state index in [0.717, 1.165) is 30.7 Å². The van der Waals surface area contributed by atoms with Crippen molar-refractivity contribution in [2.75, 3.05) is 18.0 Å². The number of alkyl halides is 3. The first kappa shape index (κ1) is 26.2. The number of hydrogen-bond donors (Lipinski definition) is 1. The van der Waals surface area contributed by atoms with Crippen LogP contribution in [0.5, 0.6) is 0 Å². The van der Waals surface area contributed by atoms with Gasteiger partial charge in [-0.2, -0.15) is 13.2 Å². The number of carbonyl (C=O) groups is 1. The zero-order chi connectivity index (χ0) is 25.9. The number of amidine groups is 1. The molecule has 5 nitrogen and oxygen atoms in total. The number of hydrogen-bond acceptors (Lipinski definition) is 2. The quantitative estimate of drug-likeness (QED) is 0.308. The fraction of sp³-hybridized carbons (Fsp3) is 0.444. The summed E-state index contributed by atoms with van der Waals surface area (Å²) in [6, 6.07) is 10.8. The minimum Gasteiger partial charge on any atom is -0.321 e. The van der Waals surface area contributed by atoms with Crippen molar-refractivity contribution < 1.29 is 18.0 Å². The van der Waals surface area contributed by atoms with Gasteiger partial charge in [-0.05, 0) is 67.6 Å². The molecule has 0 radical (unpaired) electrons. The van der Waals surface area contributed by atoms with E-state index in [2.05, 4.69) is 4.99 Å². The minimum absolute atomic E-state index is 0.210. The van der Waals surface area contributed by atoms with Gasteiger partial charge in [0.25, 0.3) is 0 Å². The molecule has 0 bridgehead atoms. The van der Waals surface area contributed by atoms with E-state index in [-0.39, 0.29) is 31.4 Å². The summed E-state index contributed by atoms with van der Waals surface area (Å²) in [5, 5.41) is 8.84. The predicted molar refractivity (Wildman–Crippen MR) is 137 cm³/mol. The molecule has 2 aliphatic rings. The van der Waals surface area contributed by atoms with Gasteiger partial charge in [0.15, 0.2) is 0 Å². The van der Waals surface area contributed by atoms with Gasteiger partial charge in [0.1, 0.15) is 5.84 Å². The molecular formula is C27H30ClF3N4O. The van der Waals surface area contributed by atoms with Crippen LogP contribution in [-0.4, -0.2) is 35.6 Å². The van der Waals surface area contributed by atoms with Crippen molar-refractivity contribution in [3.63, 3.8) is 0 Å². The molecule has 2 fully saturated rings. The van der Waals surface area contributed by atoms with Gasteiger partial charge in [-0.1, -0.05) is 43.0 Å². The molecule has 0 aromatic heterocycles. The highest BCUT2D eigenvalue weighted by molar-refractivity contribution is 6.30. The predicted octanol–water partition coefficient (Wildman–Crippen LogP) is 7.75. The summed E-state index contributed by atoms with van der Waals surface area (Å²) in [5.41, 5.74) is 1.17. The number of carbonyl (C=O) groups excluding carboxylic acids is 1. The van der Waals surface area contributed by atoms with Gasteiger partial charge in [-0.25, -0.2) is 9.79 Å². The molecule has 1 N–H and O–H groups in total. The summed E-state index contributed by atoms with van der Waals surface area (Å²) in [5.74, 6) is 0.629. The summed E-state index contributed by atoms with van der Waals surface area (Å²) in [4.78, 5) is 21.0. The SMILES string of the molecule is CC(=NC(=N)CCN1C[C@H](c2cccc(C(F)(F)F)c2)N(c2ccc(Cl)cc2)C1=O)C1CCCCC1. The van der Waals surface area contributed by atoms with Crippen LogP contribution in [-0.2, 0) is 6.18 Å². The first-order valence-electron chi connectivity index (χ1n) is 12.3. The van der Waals surface area contributed by atoms with Crippen LogP contribution < -0.4 is 4.90 Å². The lowest BCUT2D eigenvalue weighted by Gasteiger charge is -2.24. The molecule has 1 saturated carbocycles. The van der Waals surface area contributed by atoms with E-state index < -0.39 is 17.8 Å². The Hall–Kier alpha value is -2.87. The van der Waals surface area contributed by atoms with E-state index in [1.54, 1.807) is 35.2 Å². The molecule has 2 amide bonds. The van der Waals surface area contributed by atoms with Crippen molar-refractivity contribution in [3.8, 4) is 0 Å². The molecule has 1 saturated heterocycles. The standard InChI is InChI=1S/C27H30ClF3N4O/c1-18(19-6-3-2-4-7-19)33-25(32)14-15-34-17-24(20-8-5-9-21(16-20)27(29,30)31)35(26(34)36)23-12-10-22(28)11-13-23/h5,8-13,16,19,24,32H,2-4,6-7,14-15,17H2,1H3/t24-/m1/s1. The zero-order valence-corrected chi connectivity index (χ0v) is 20.9. The molecule has 1 aliphatic heterocycles. The Morgan fingerprint density at radius 3 is 2.47 bits per heavy atom. The van der Waals surface area contributed by atoms with Crippen LogP contribution in [0.4, 0.5) is 23.7 Å². The Balaban J connectivity index is 1.53. The topological polar surface area (TPSA) is 59.8 Å². The van der Waals surface area contributed by atoms with Crippen molar-refractivity contribution in [1.82, 2.24) is 4.90 Å². The fourth-order valence-electron chi connectivity index (χ4n) is 5.03. The second-order valence-corrected chi connectivity index (χ2v) is 9.94. The van der Waals surface area contributed by atoms with Crippen molar-refractivity contribution in [3.05, 3.63) is 64.7 Å². The van der Waals surface area contributed by atoms with Crippen molar-refractivity contribution in [1.29, 1.82) is 5.41 Å². The number of nitrogens with zero attached hydrogens (tertiary/aromatic N) is 3. The van der Waals surface area contributed by atoms with Crippen molar-refractivity contribution in [2.24, 2.45) is 10.9 Å². The molecule has 0 spiro atoms. The lowest BCUT2D eigenvalue weighted by atomic mass is 9.86. The lowest BCUT2D eigenvalue weighted by molar-refractivity contribution is -0.137. The van der Waals surface area contributed by atoms with E-state index >= 15 is 0 Å². The molecule has 36 heavy (non-hydrogen) atoms. The monoisotopic (exact) mass is 518 g/mol. The van der Waals surface area contributed by atoms with Gasteiger partial charge < -0.3 is 4.90 Å². The second-order valence-electron chi connectivity index (χ2n) is 9.50. The average Bonchev–Trinajstić information content (AvgIpc) is 3.19.